The summed E-state index contributed by atoms with van der Waals surface area (Å²) in [7, 11) is -2.94. The first-order chi connectivity index (χ1) is 14.2. The third-order valence-electron chi connectivity index (χ3n) is 5.14. The lowest BCUT2D eigenvalue weighted by Gasteiger charge is -2.04. The van der Waals surface area contributed by atoms with Crippen LogP contribution in [0.4, 0.5) is 0 Å². The Labute approximate surface area is 178 Å². The van der Waals surface area contributed by atoms with Crippen LogP contribution in [0.5, 0.6) is 0 Å². The fraction of sp³-hybridized carbons (Fsp3) is 0.474. The Kier molecular flexibility index (Phi) is 5.58. The first-order valence-electron chi connectivity index (χ1n) is 9.53. The molecule has 11 heteroatoms. The Balaban J connectivity index is 1.39. The van der Waals surface area contributed by atoms with E-state index in [-0.39, 0.29) is 29.0 Å². The van der Waals surface area contributed by atoms with Crippen molar-refractivity contribution in [3.8, 4) is 5.82 Å². The fourth-order valence-corrected chi connectivity index (χ4v) is 6.25. The number of sulfone groups is 1. The van der Waals surface area contributed by atoms with Crippen LogP contribution in [-0.2, 0) is 16.3 Å². The van der Waals surface area contributed by atoms with Gasteiger partial charge in [0.05, 0.1) is 17.3 Å². The number of ketones is 1. The Hall–Kier alpha value is -2.40. The van der Waals surface area contributed by atoms with Gasteiger partial charge in [-0.2, -0.15) is 0 Å². The van der Waals surface area contributed by atoms with E-state index in [0.29, 0.717) is 41.1 Å². The summed E-state index contributed by atoms with van der Waals surface area (Å²) in [5.41, 5.74) is 2.29. The van der Waals surface area contributed by atoms with Gasteiger partial charge >= 0.3 is 0 Å². The highest BCUT2D eigenvalue weighted by Gasteiger charge is 2.29. The zero-order valence-electron chi connectivity index (χ0n) is 16.9. The number of carbonyl (C=O) groups is 1. The zero-order chi connectivity index (χ0) is 21.5. The van der Waals surface area contributed by atoms with Gasteiger partial charge in [0.25, 0.3) is 5.22 Å². The van der Waals surface area contributed by atoms with Crippen molar-refractivity contribution in [2.24, 2.45) is 5.92 Å². The standard InChI is InChI=1S/C19H22N4O5S2/c1-11-6-15(13(3)23(11)17-7-12(2)28-22-17)16(24)9-29-19-21-20-18(27-19)8-14-4-5-30(25,26)10-14/h6-7,14H,4-5,8-10H2,1-3H3/t14-/m1/s1. The van der Waals surface area contributed by atoms with Crippen LogP contribution in [0.1, 0.15) is 39.8 Å². The van der Waals surface area contributed by atoms with E-state index in [1.165, 1.54) is 11.8 Å². The van der Waals surface area contributed by atoms with Crippen LogP contribution < -0.4 is 0 Å². The maximum Gasteiger partial charge on any atom is 0.277 e. The molecule has 4 heterocycles. The summed E-state index contributed by atoms with van der Waals surface area (Å²) in [6.07, 6.45) is 1.06. The maximum absolute atomic E-state index is 12.8. The molecule has 0 saturated carbocycles. The largest absolute Gasteiger partial charge is 0.416 e. The molecule has 0 radical (unpaired) electrons. The Morgan fingerprint density at radius 3 is 2.73 bits per heavy atom. The van der Waals surface area contributed by atoms with Crippen LogP contribution in [0.2, 0.25) is 0 Å². The number of carbonyl (C=O) groups excluding carboxylic acids is 1. The second kappa shape index (κ2) is 8.03. The van der Waals surface area contributed by atoms with Crippen LogP contribution in [0.15, 0.2) is 26.3 Å². The minimum Gasteiger partial charge on any atom is -0.416 e. The number of aryl methyl sites for hydroxylation is 2. The SMILES string of the molecule is Cc1cc(-n2c(C)cc(C(=O)CSc3nnc(C[C@H]4CCS(=O)(=O)C4)o3)c2C)no1. The molecule has 0 unspecified atom stereocenters. The molecule has 0 aromatic carbocycles. The molecule has 0 amide bonds. The van der Waals surface area contributed by atoms with Gasteiger partial charge < -0.3 is 8.94 Å². The van der Waals surface area contributed by atoms with Crippen molar-refractivity contribution < 1.29 is 22.2 Å². The minimum absolute atomic E-state index is 0.0143. The van der Waals surface area contributed by atoms with E-state index in [4.69, 9.17) is 8.94 Å². The molecule has 30 heavy (non-hydrogen) atoms. The maximum atomic E-state index is 12.8. The molecule has 9 nitrogen and oxygen atoms in total. The normalized spacial score (nSPS) is 18.2. The molecule has 1 saturated heterocycles. The quantitative estimate of drug-likeness (QED) is 0.395. The van der Waals surface area contributed by atoms with E-state index in [9.17, 15) is 13.2 Å². The number of thioether (sulfide) groups is 1. The van der Waals surface area contributed by atoms with Crippen molar-refractivity contribution in [2.75, 3.05) is 17.3 Å². The van der Waals surface area contributed by atoms with Crippen LogP contribution in [-0.4, -0.2) is 51.4 Å². The molecule has 4 rings (SSSR count). The summed E-state index contributed by atoms with van der Waals surface area (Å²) < 4.78 is 35.8. The monoisotopic (exact) mass is 450 g/mol. The lowest BCUT2D eigenvalue weighted by atomic mass is 10.1. The summed E-state index contributed by atoms with van der Waals surface area (Å²) in [5, 5.41) is 12.3. The first-order valence-corrected chi connectivity index (χ1v) is 12.3. The van der Waals surface area contributed by atoms with Crippen molar-refractivity contribution in [3.05, 3.63) is 40.7 Å². The molecule has 1 fully saturated rings. The summed E-state index contributed by atoms with van der Waals surface area (Å²) >= 11 is 1.17. The number of rotatable bonds is 7. The van der Waals surface area contributed by atoms with Gasteiger partial charge in [0, 0.05) is 29.4 Å². The predicted octanol–water partition coefficient (Wildman–Crippen LogP) is 2.73. The molecule has 0 N–H and O–H groups in total. The van der Waals surface area contributed by atoms with Gasteiger partial charge in [0.15, 0.2) is 21.4 Å². The van der Waals surface area contributed by atoms with E-state index >= 15 is 0 Å². The van der Waals surface area contributed by atoms with E-state index in [1.807, 2.05) is 37.5 Å². The number of aromatic nitrogens is 4. The minimum atomic E-state index is -2.94. The van der Waals surface area contributed by atoms with Crippen LogP contribution in [0.25, 0.3) is 5.82 Å². The van der Waals surface area contributed by atoms with Gasteiger partial charge in [-0.1, -0.05) is 16.9 Å². The molecule has 0 bridgehead atoms. The summed E-state index contributed by atoms with van der Waals surface area (Å²) in [6, 6.07) is 3.65. The summed E-state index contributed by atoms with van der Waals surface area (Å²) in [6.45, 7) is 5.60. The number of nitrogens with zero attached hydrogens (tertiary/aromatic N) is 4. The second-order valence-corrected chi connectivity index (χ2v) is 10.7. The third-order valence-corrected chi connectivity index (χ3v) is 7.80. The number of hydrogen-bond acceptors (Lipinski definition) is 9. The second-order valence-electron chi connectivity index (χ2n) is 7.56. The average molecular weight is 451 g/mol. The third kappa shape index (κ3) is 4.36. The smallest absolute Gasteiger partial charge is 0.277 e. The van der Waals surface area contributed by atoms with E-state index < -0.39 is 9.84 Å². The Bertz CT molecular complexity index is 1190. The van der Waals surface area contributed by atoms with E-state index in [0.717, 1.165) is 11.4 Å². The molecule has 0 spiro atoms. The van der Waals surface area contributed by atoms with Gasteiger partial charge in [-0.25, -0.2) is 8.42 Å². The van der Waals surface area contributed by atoms with Gasteiger partial charge in [-0.05, 0) is 39.2 Å². The topological polar surface area (TPSA) is 121 Å². The summed E-state index contributed by atoms with van der Waals surface area (Å²) in [5.74, 6) is 2.24. The van der Waals surface area contributed by atoms with Crippen molar-refractivity contribution in [1.82, 2.24) is 19.9 Å². The highest BCUT2D eigenvalue weighted by molar-refractivity contribution is 7.99. The van der Waals surface area contributed by atoms with Crippen molar-refractivity contribution in [1.29, 1.82) is 0 Å². The lowest BCUT2D eigenvalue weighted by Crippen LogP contribution is -2.07. The van der Waals surface area contributed by atoms with Gasteiger partial charge in [-0.3, -0.25) is 9.36 Å². The molecule has 3 aromatic rings. The van der Waals surface area contributed by atoms with Crippen molar-refractivity contribution in [2.45, 2.75) is 38.8 Å². The van der Waals surface area contributed by atoms with Crippen LogP contribution in [0, 0.1) is 26.7 Å². The molecule has 3 aromatic heterocycles. The Morgan fingerprint density at radius 1 is 1.27 bits per heavy atom. The van der Waals surface area contributed by atoms with E-state index in [2.05, 4.69) is 15.4 Å². The number of Topliss-reactive ketones (excluding diaryl/α,β-unsaturated/α-hetero) is 1. The summed E-state index contributed by atoms with van der Waals surface area (Å²) in [4.78, 5) is 12.8. The van der Waals surface area contributed by atoms with Crippen molar-refractivity contribution >= 4 is 27.4 Å². The molecular weight excluding hydrogens is 428 g/mol. The molecule has 0 aliphatic carbocycles. The zero-order valence-corrected chi connectivity index (χ0v) is 18.5. The molecule has 1 aliphatic rings. The predicted molar refractivity (Wildman–Crippen MR) is 110 cm³/mol. The van der Waals surface area contributed by atoms with Crippen LogP contribution in [0.3, 0.4) is 0 Å². The van der Waals surface area contributed by atoms with E-state index in [1.54, 1.807) is 0 Å². The highest BCUT2D eigenvalue weighted by atomic mass is 32.2. The first kappa shape index (κ1) is 20.9. The molecule has 160 valence electrons. The molecule has 1 atom stereocenters. The molecular formula is C19H22N4O5S2. The van der Waals surface area contributed by atoms with Gasteiger partial charge in [0.2, 0.25) is 5.89 Å². The highest BCUT2D eigenvalue weighted by Crippen LogP contribution is 2.26. The van der Waals surface area contributed by atoms with Gasteiger partial charge in [-0.15, -0.1) is 10.2 Å². The average Bonchev–Trinajstić information content (AvgIpc) is 3.43. The van der Waals surface area contributed by atoms with Crippen molar-refractivity contribution in [3.63, 3.8) is 0 Å². The molecule has 1 aliphatic heterocycles. The Morgan fingerprint density at radius 2 is 2.07 bits per heavy atom. The van der Waals surface area contributed by atoms with Crippen LogP contribution >= 0.6 is 11.8 Å². The number of hydrogen-bond donors (Lipinski definition) is 0. The lowest BCUT2D eigenvalue weighted by molar-refractivity contribution is 0.102. The van der Waals surface area contributed by atoms with Gasteiger partial charge in [0.1, 0.15) is 5.76 Å². The fourth-order valence-electron chi connectivity index (χ4n) is 3.72.